The van der Waals surface area contributed by atoms with Crippen LogP contribution in [0.3, 0.4) is 0 Å². The van der Waals surface area contributed by atoms with Crippen LogP contribution in [0.5, 0.6) is 0 Å². The molecular formula is C14H19NO4. The highest BCUT2D eigenvalue weighted by Gasteiger charge is 2.14. The monoisotopic (exact) mass is 265 g/mol. The second kappa shape index (κ2) is 6.89. The number of aliphatic hydroxyl groups excluding tert-OH is 1. The summed E-state index contributed by atoms with van der Waals surface area (Å²) in [6, 6.07) is 6.28. The van der Waals surface area contributed by atoms with Gasteiger partial charge >= 0.3 is 5.97 Å². The number of benzene rings is 1. The van der Waals surface area contributed by atoms with Gasteiger partial charge < -0.3 is 15.5 Å². The third-order valence-electron chi connectivity index (χ3n) is 2.70. The van der Waals surface area contributed by atoms with E-state index in [1.54, 1.807) is 32.0 Å². The minimum Gasteiger partial charge on any atom is -0.478 e. The van der Waals surface area contributed by atoms with E-state index < -0.39 is 12.1 Å². The van der Waals surface area contributed by atoms with Crippen molar-refractivity contribution in [2.24, 2.45) is 0 Å². The van der Waals surface area contributed by atoms with Gasteiger partial charge in [0.1, 0.15) is 0 Å². The number of carboxylic acids is 1. The number of carboxylic acid groups (broad SMARTS) is 1. The largest absolute Gasteiger partial charge is 0.478 e. The molecule has 0 heterocycles. The first-order valence-corrected chi connectivity index (χ1v) is 6.18. The molecule has 0 spiro atoms. The second-order valence-electron chi connectivity index (χ2n) is 4.69. The molecule has 0 fully saturated rings. The lowest BCUT2D eigenvalue weighted by Gasteiger charge is -2.15. The van der Waals surface area contributed by atoms with E-state index in [1.165, 1.54) is 6.07 Å². The summed E-state index contributed by atoms with van der Waals surface area (Å²) in [5, 5.41) is 21.0. The highest BCUT2D eigenvalue weighted by molar-refractivity contribution is 5.91. The minimum absolute atomic E-state index is 0.0205. The van der Waals surface area contributed by atoms with Gasteiger partial charge in [-0.25, -0.2) is 4.79 Å². The Hall–Kier alpha value is -1.88. The average Bonchev–Trinajstić information content (AvgIpc) is 2.27. The van der Waals surface area contributed by atoms with Crippen molar-refractivity contribution >= 4 is 11.9 Å². The number of nitrogens with one attached hydrogen (secondary N) is 1. The molecular weight excluding hydrogens is 246 g/mol. The van der Waals surface area contributed by atoms with Crippen molar-refractivity contribution in [3.8, 4) is 0 Å². The normalized spacial score (nSPS) is 13.6. The fourth-order valence-electron chi connectivity index (χ4n) is 1.95. The first-order valence-electron chi connectivity index (χ1n) is 6.18. The quantitative estimate of drug-likeness (QED) is 0.721. The summed E-state index contributed by atoms with van der Waals surface area (Å²) in [6.07, 6.45) is 0.000436. The number of hydrogen-bond donors (Lipinski definition) is 3. The van der Waals surface area contributed by atoms with E-state index >= 15 is 0 Å². The van der Waals surface area contributed by atoms with Crippen LogP contribution in [0.2, 0.25) is 0 Å². The summed E-state index contributed by atoms with van der Waals surface area (Å²) in [4.78, 5) is 22.8. The zero-order valence-corrected chi connectivity index (χ0v) is 11.1. The van der Waals surface area contributed by atoms with Crippen LogP contribution in [0.1, 0.15) is 36.2 Å². The second-order valence-corrected chi connectivity index (χ2v) is 4.69. The van der Waals surface area contributed by atoms with Crippen molar-refractivity contribution in [1.82, 2.24) is 5.32 Å². The Morgan fingerprint density at radius 2 is 1.89 bits per heavy atom. The van der Waals surface area contributed by atoms with Crippen LogP contribution in [0.25, 0.3) is 0 Å². The van der Waals surface area contributed by atoms with E-state index in [1.807, 2.05) is 0 Å². The van der Waals surface area contributed by atoms with Crippen molar-refractivity contribution in [3.63, 3.8) is 0 Å². The SMILES string of the molecule is CC(O)CC(C)NC(=O)Cc1ccccc1C(=O)O. The van der Waals surface area contributed by atoms with Crippen LogP contribution in [0.15, 0.2) is 24.3 Å². The van der Waals surface area contributed by atoms with E-state index in [9.17, 15) is 14.7 Å². The fraction of sp³-hybridized carbons (Fsp3) is 0.429. The Bertz CT molecular complexity index is 457. The Kier molecular flexibility index (Phi) is 5.51. The third kappa shape index (κ3) is 5.09. The summed E-state index contributed by atoms with van der Waals surface area (Å²) in [6.45, 7) is 3.45. The molecule has 2 atom stereocenters. The molecule has 1 aromatic carbocycles. The number of aliphatic hydroxyl groups is 1. The van der Waals surface area contributed by atoms with Gasteiger partial charge in [-0.15, -0.1) is 0 Å². The molecule has 19 heavy (non-hydrogen) atoms. The van der Waals surface area contributed by atoms with Gasteiger partial charge in [-0.3, -0.25) is 4.79 Å². The molecule has 2 unspecified atom stereocenters. The summed E-state index contributed by atoms with van der Waals surface area (Å²) in [5.74, 6) is -1.29. The van der Waals surface area contributed by atoms with E-state index in [4.69, 9.17) is 5.11 Å². The predicted octanol–water partition coefficient (Wildman–Crippen LogP) is 1.20. The van der Waals surface area contributed by atoms with Gasteiger partial charge in [0.05, 0.1) is 18.1 Å². The molecule has 5 nitrogen and oxygen atoms in total. The molecule has 1 aromatic rings. The van der Waals surface area contributed by atoms with Gasteiger partial charge in [-0.1, -0.05) is 18.2 Å². The van der Waals surface area contributed by atoms with E-state index in [0.29, 0.717) is 12.0 Å². The zero-order chi connectivity index (χ0) is 14.4. The predicted molar refractivity (Wildman–Crippen MR) is 71.0 cm³/mol. The maximum atomic E-state index is 11.8. The number of carbonyl (C=O) groups is 2. The van der Waals surface area contributed by atoms with E-state index in [2.05, 4.69) is 5.32 Å². The minimum atomic E-state index is -1.04. The molecule has 0 aliphatic heterocycles. The third-order valence-corrected chi connectivity index (χ3v) is 2.70. The van der Waals surface area contributed by atoms with E-state index in [-0.39, 0.29) is 23.9 Å². The van der Waals surface area contributed by atoms with Gasteiger partial charge in [0.25, 0.3) is 0 Å². The highest BCUT2D eigenvalue weighted by Crippen LogP contribution is 2.10. The van der Waals surface area contributed by atoms with Crippen molar-refractivity contribution in [1.29, 1.82) is 0 Å². The molecule has 0 saturated heterocycles. The maximum Gasteiger partial charge on any atom is 0.335 e. The lowest BCUT2D eigenvalue weighted by molar-refractivity contribution is -0.121. The van der Waals surface area contributed by atoms with Gasteiger partial charge in [-0.05, 0) is 31.9 Å². The maximum absolute atomic E-state index is 11.8. The van der Waals surface area contributed by atoms with Crippen molar-refractivity contribution in [2.75, 3.05) is 0 Å². The molecule has 1 amide bonds. The van der Waals surface area contributed by atoms with E-state index in [0.717, 1.165) is 0 Å². The Balaban J connectivity index is 2.65. The van der Waals surface area contributed by atoms with Crippen LogP contribution in [0, 0.1) is 0 Å². The molecule has 0 bridgehead atoms. The molecule has 104 valence electrons. The van der Waals surface area contributed by atoms with Gasteiger partial charge in [0.2, 0.25) is 5.91 Å². The lowest BCUT2D eigenvalue weighted by Crippen LogP contribution is -2.35. The average molecular weight is 265 g/mol. The first-order chi connectivity index (χ1) is 8.90. The van der Waals surface area contributed by atoms with Crippen molar-refractivity contribution < 1.29 is 19.8 Å². The highest BCUT2D eigenvalue weighted by atomic mass is 16.4. The van der Waals surface area contributed by atoms with Crippen LogP contribution < -0.4 is 5.32 Å². The summed E-state index contributed by atoms with van der Waals surface area (Å²) in [7, 11) is 0. The van der Waals surface area contributed by atoms with Crippen molar-refractivity contribution in [2.45, 2.75) is 38.8 Å². The van der Waals surface area contributed by atoms with Gasteiger partial charge in [0.15, 0.2) is 0 Å². The lowest BCUT2D eigenvalue weighted by atomic mass is 10.0. The number of carbonyl (C=O) groups excluding carboxylic acids is 1. The number of amides is 1. The van der Waals surface area contributed by atoms with Crippen molar-refractivity contribution in [3.05, 3.63) is 35.4 Å². The number of aromatic carboxylic acids is 1. The fourth-order valence-corrected chi connectivity index (χ4v) is 1.95. The smallest absolute Gasteiger partial charge is 0.335 e. The molecule has 0 aromatic heterocycles. The molecule has 0 radical (unpaired) electrons. The molecule has 0 aliphatic rings. The van der Waals surface area contributed by atoms with Crippen LogP contribution in [0.4, 0.5) is 0 Å². The molecule has 3 N–H and O–H groups in total. The van der Waals surface area contributed by atoms with Gasteiger partial charge in [0, 0.05) is 6.04 Å². The Morgan fingerprint density at radius 1 is 1.26 bits per heavy atom. The summed E-state index contributed by atoms with van der Waals surface area (Å²) < 4.78 is 0. The van der Waals surface area contributed by atoms with Crippen LogP contribution in [-0.2, 0) is 11.2 Å². The molecule has 0 aliphatic carbocycles. The topological polar surface area (TPSA) is 86.6 Å². The van der Waals surface area contributed by atoms with Crippen LogP contribution >= 0.6 is 0 Å². The zero-order valence-electron chi connectivity index (χ0n) is 11.1. The molecule has 5 heteroatoms. The number of hydrogen-bond acceptors (Lipinski definition) is 3. The standard InChI is InChI=1S/C14H19NO4/c1-9(7-10(2)16)15-13(17)8-11-5-3-4-6-12(11)14(18)19/h3-6,9-10,16H,7-8H2,1-2H3,(H,15,17)(H,18,19). The first kappa shape index (κ1) is 15.2. The molecule has 1 rings (SSSR count). The Labute approximate surface area is 112 Å². The number of rotatable bonds is 6. The summed E-state index contributed by atoms with van der Waals surface area (Å²) in [5.41, 5.74) is 0.623. The Morgan fingerprint density at radius 3 is 2.47 bits per heavy atom. The van der Waals surface area contributed by atoms with Gasteiger partial charge in [-0.2, -0.15) is 0 Å². The van der Waals surface area contributed by atoms with Crippen LogP contribution in [-0.4, -0.2) is 34.2 Å². The molecule has 0 saturated carbocycles. The summed E-state index contributed by atoms with van der Waals surface area (Å²) >= 11 is 0.